The lowest BCUT2D eigenvalue weighted by atomic mass is 10.0. The van der Waals surface area contributed by atoms with Crippen molar-refractivity contribution in [3.05, 3.63) is 108 Å². The van der Waals surface area contributed by atoms with Gasteiger partial charge in [0.05, 0.1) is 0 Å². The Kier molecular flexibility index (Phi) is 9.98. The van der Waals surface area contributed by atoms with Gasteiger partial charge in [-0.05, 0) is 37.5 Å². The van der Waals surface area contributed by atoms with E-state index in [4.69, 9.17) is 0 Å². The van der Waals surface area contributed by atoms with E-state index in [0.717, 1.165) is 16.9 Å². The topological polar surface area (TPSA) is 49.4 Å². The predicted octanol–water partition coefficient (Wildman–Crippen LogP) is 5.86. The second kappa shape index (κ2) is 13.1. The van der Waals surface area contributed by atoms with Gasteiger partial charge in [-0.25, -0.2) is 0 Å². The van der Waals surface area contributed by atoms with Crippen LogP contribution in [0.4, 0.5) is 0 Å². The van der Waals surface area contributed by atoms with Gasteiger partial charge in [-0.15, -0.1) is 0 Å². The van der Waals surface area contributed by atoms with E-state index in [1.807, 2.05) is 99.6 Å². The summed E-state index contributed by atoms with van der Waals surface area (Å²) in [6, 6.07) is 29.5. The Morgan fingerprint density at radius 3 is 1.86 bits per heavy atom. The van der Waals surface area contributed by atoms with E-state index in [1.54, 1.807) is 16.7 Å². The summed E-state index contributed by atoms with van der Waals surface area (Å²) in [6.45, 7) is 6.30. The van der Waals surface area contributed by atoms with Gasteiger partial charge in [0.15, 0.2) is 0 Å². The average molecular weight is 489 g/mol. The fourth-order valence-corrected chi connectivity index (χ4v) is 4.75. The lowest BCUT2D eigenvalue weighted by Gasteiger charge is -2.34. The smallest absolute Gasteiger partial charge is 0.243 e. The third-order valence-corrected chi connectivity index (χ3v) is 6.57. The van der Waals surface area contributed by atoms with Gasteiger partial charge in [0.2, 0.25) is 11.8 Å². The number of hydrogen-bond donors (Lipinski definition) is 1. The molecule has 0 radical (unpaired) electrons. The van der Waals surface area contributed by atoms with Gasteiger partial charge in [-0.3, -0.25) is 9.59 Å². The molecule has 3 aromatic carbocycles. The highest BCUT2D eigenvalue weighted by atomic mass is 32.2. The Hall–Kier alpha value is -3.05. The van der Waals surface area contributed by atoms with Gasteiger partial charge in [0.1, 0.15) is 6.04 Å². The highest BCUT2D eigenvalue weighted by Gasteiger charge is 2.31. The summed E-state index contributed by atoms with van der Waals surface area (Å²) in [7, 11) is 0. The first-order chi connectivity index (χ1) is 16.8. The van der Waals surface area contributed by atoms with Crippen LogP contribution >= 0.6 is 11.8 Å². The molecule has 0 aliphatic carbocycles. The predicted molar refractivity (Wildman–Crippen MR) is 146 cm³/mol. The largest absolute Gasteiger partial charge is 0.350 e. The first kappa shape index (κ1) is 26.6. The Labute approximate surface area is 214 Å². The molecule has 3 aromatic rings. The fourth-order valence-electron chi connectivity index (χ4n) is 3.85. The third kappa shape index (κ3) is 9.25. The molecule has 1 N–H and O–H groups in total. The quantitative estimate of drug-likeness (QED) is 0.344. The zero-order valence-electron chi connectivity index (χ0n) is 20.9. The van der Waals surface area contributed by atoms with Gasteiger partial charge in [-0.2, -0.15) is 11.8 Å². The molecule has 4 nitrogen and oxygen atoms in total. The molecule has 0 saturated carbocycles. The van der Waals surface area contributed by atoms with Crippen LogP contribution in [0.2, 0.25) is 0 Å². The maximum Gasteiger partial charge on any atom is 0.243 e. The molecule has 0 saturated heterocycles. The van der Waals surface area contributed by atoms with E-state index in [-0.39, 0.29) is 17.4 Å². The van der Waals surface area contributed by atoms with Crippen LogP contribution in [0, 0.1) is 0 Å². The molecular weight excluding hydrogens is 452 g/mol. The summed E-state index contributed by atoms with van der Waals surface area (Å²) in [5.41, 5.74) is 2.90. The molecule has 0 bridgehead atoms. The van der Waals surface area contributed by atoms with Crippen LogP contribution in [0.3, 0.4) is 0 Å². The Balaban J connectivity index is 1.79. The van der Waals surface area contributed by atoms with Gasteiger partial charge >= 0.3 is 0 Å². The average Bonchev–Trinajstić information content (AvgIpc) is 2.84. The number of nitrogens with one attached hydrogen (secondary N) is 1. The van der Waals surface area contributed by atoms with Crippen LogP contribution in [-0.2, 0) is 28.3 Å². The number of rotatable bonds is 11. The molecule has 0 aliphatic rings. The molecule has 0 fully saturated rings. The Morgan fingerprint density at radius 1 is 0.800 bits per heavy atom. The van der Waals surface area contributed by atoms with Crippen LogP contribution in [0.25, 0.3) is 0 Å². The van der Waals surface area contributed by atoms with Crippen LogP contribution in [0.1, 0.15) is 43.9 Å². The van der Waals surface area contributed by atoms with Crippen molar-refractivity contribution in [3.8, 4) is 0 Å². The highest BCUT2D eigenvalue weighted by molar-refractivity contribution is 7.98. The third-order valence-electron chi connectivity index (χ3n) is 5.54. The lowest BCUT2D eigenvalue weighted by molar-refractivity contribution is -0.141. The molecule has 1 atom stereocenters. The molecule has 184 valence electrons. The highest BCUT2D eigenvalue weighted by Crippen LogP contribution is 2.19. The summed E-state index contributed by atoms with van der Waals surface area (Å²) in [4.78, 5) is 28.9. The SMILES string of the molecule is CC(C)(C)NC(=O)[C@H](Cc1ccccc1)N(Cc1ccccc1)C(=O)CCSCc1ccccc1. The van der Waals surface area contributed by atoms with Gasteiger partial charge in [0, 0.05) is 36.4 Å². The normalized spacial score (nSPS) is 12.1. The van der Waals surface area contributed by atoms with E-state index in [9.17, 15) is 9.59 Å². The number of hydrogen-bond acceptors (Lipinski definition) is 3. The van der Waals surface area contributed by atoms with Crippen molar-refractivity contribution < 1.29 is 9.59 Å². The van der Waals surface area contributed by atoms with Crippen molar-refractivity contribution in [1.29, 1.82) is 0 Å². The van der Waals surface area contributed by atoms with Gasteiger partial charge < -0.3 is 10.2 Å². The molecule has 2 amide bonds. The van der Waals surface area contributed by atoms with E-state index >= 15 is 0 Å². The minimum atomic E-state index is -0.594. The minimum Gasteiger partial charge on any atom is -0.350 e. The molecule has 0 aromatic heterocycles. The first-order valence-corrected chi connectivity index (χ1v) is 13.3. The molecule has 0 heterocycles. The number of thioether (sulfide) groups is 1. The standard InChI is InChI=1S/C30H36N2O2S/c1-30(2,3)31-29(34)27(21-24-13-7-4-8-14-24)32(22-25-15-9-5-10-16-25)28(33)19-20-35-23-26-17-11-6-12-18-26/h4-18,27H,19-23H2,1-3H3,(H,31,34)/t27-/m0/s1. The zero-order valence-corrected chi connectivity index (χ0v) is 21.8. The van der Waals surface area contributed by atoms with E-state index < -0.39 is 6.04 Å². The summed E-state index contributed by atoms with van der Waals surface area (Å²) < 4.78 is 0. The number of carbonyl (C=O) groups excluding carboxylic acids is 2. The van der Waals surface area contributed by atoms with Crippen molar-refractivity contribution in [2.45, 2.75) is 57.5 Å². The van der Waals surface area contributed by atoms with Crippen molar-refractivity contribution in [3.63, 3.8) is 0 Å². The molecule has 3 rings (SSSR count). The fraction of sp³-hybridized carbons (Fsp3) is 0.333. The van der Waals surface area contributed by atoms with Crippen LogP contribution in [0.15, 0.2) is 91.0 Å². The monoisotopic (exact) mass is 488 g/mol. The van der Waals surface area contributed by atoms with Gasteiger partial charge in [-0.1, -0.05) is 91.0 Å². The van der Waals surface area contributed by atoms with Crippen molar-refractivity contribution in [2.24, 2.45) is 0 Å². The van der Waals surface area contributed by atoms with Crippen LogP contribution < -0.4 is 5.32 Å². The van der Waals surface area contributed by atoms with Gasteiger partial charge in [0.25, 0.3) is 0 Å². The molecular formula is C30H36N2O2S. The number of amides is 2. The summed E-state index contributed by atoms with van der Waals surface area (Å²) in [5, 5.41) is 3.11. The van der Waals surface area contributed by atoms with E-state index in [2.05, 4.69) is 17.4 Å². The molecule has 5 heteroatoms. The summed E-state index contributed by atoms with van der Waals surface area (Å²) in [6.07, 6.45) is 0.858. The molecule has 0 unspecified atom stereocenters. The number of nitrogens with zero attached hydrogens (tertiary/aromatic N) is 1. The Bertz CT molecular complexity index is 1050. The molecule has 0 spiro atoms. The first-order valence-electron chi connectivity index (χ1n) is 12.1. The lowest BCUT2D eigenvalue weighted by Crippen LogP contribution is -2.54. The number of carbonyl (C=O) groups is 2. The van der Waals surface area contributed by atoms with Crippen molar-refractivity contribution >= 4 is 23.6 Å². The van der Waals surface area contributed by atoms with Crippen LogP contribution in [0.5, 0.6) is 0 Å². The Morgan fingerprint density at radius 2 is 1.31 bits per heavy atom. The van der Waals surface area contributed by atoms with Crippen molar-refractivity contribution in [1.82, 2.24) is 10.2 Å². The van der Waals surface area contributed by atoms with E-state index in [0.29, 0.717) is 25.1 Å². The summed E-state index contributed by atoms with van der Waals surface area (Å²) >= 11 is 1.74. The minimum absolute atomic E-state index is 0.000551. The van der Waals surface area contributed by atoms with E-state index in [1.165, 1.54) is 5.56 Å². The second-order valence-corrected chi connectivity index (χ2v) is 10.8. The van der Waals surface area contributed by atoms with Crippen molar-refractivity contribution in [2.75, 3.05) is 5.75 Å². The molecule has 35 heavy (non-hydrogen) atoms. The van der Waals surface area contributed by atoms with Crippen LogP contribution in [-0.4, -0.2) is 34.0 Å². The maximum atomic E-state index is 13.6. The molecule has 0 aliphatic heterocycles. The maximum absolute atomic E-state index is 13.6. The second-order valence-electron chi connectivity index (χ2n) is 9.74. The zero-order chi connectivity index (χ0) is 25.1. The number of benzene rings is 3. The summed E-state index contributed by atoms with van der Waals surface area (Å²) in [5.74, 6) is 1.45.